The van der Waals surface area contributed by atoms with Crippen molar-refractivity contribution in [1.29, 1.82) is 0 Å². The summed E-state index contributed by atoms with van der Waals surface area (Å²) in [5.74, 6) is -0.211. The van der Waals surface area contributed by atoms with E-state index in [1.165, 1.54) is 27.6 Å². The molecule has 0 radical (unpaired) electrons. The van der Waals surface area contributed by atoms with E-state index in [1.54, 1.807) is 25.2 Å². The van der Waals surface area contributed by atoms with Crippen molar-refractivity contribution in [2.75, 3.05) is 11.9 Å². The van der Waals surface area contributed by atoms with Crippen LogP contribution in [0.3, 0.4) is 0 Å². The molecule has 0 saturated heterocycles. The molecule has 2 aromatic heterocycles. The summed E-state index contributed by atoms with van der Waals surface area (Å²) in [7, 11) is 1.60. The summed E-state index contributed by atoms with van der Waals surface area (Å²) in [5, 5.41) is 11.0. The third-order valence-electron chi connectivity index (χ3n) is 3.32. The van der Waals surface area contributed by atoms with Gasteiger partial charge in [0.25, 0.3) is 5.91 Å². The third kappa shape index (κ3) is 3.32. The van der Waals surface area contributed by atoms with Crippen LogP contribution in [-0.4, -0.2) is 24.2 Å². The molecule has 0 aliphatic heterocycles. The fourth-order valence-corrected chi connectivity index (χ4v) is 3.91. The molecule has 5 nitrogen and oxygen atoms in total. The summed E-state index contributed by atoms with van der Waals surface area (Å²) in [6.07, 6.45) is -1.41. The highest BCUT2D eigenvalue weighted by Crippen LogP contribution is 2.43. The van der Waals surface area contributed by atoms with Crippen molar-refractivity contribution >= 4 is 40.4 Å². The van der Waals surface area contributed by atoms with Gasteiger partial charge in [0.1, 0.15) is 0 Å². The number of nitrogens with zero attached hydrogens (tertiary/aromatic N) is 1. The number of ether oxygens (including phenoxy) is 1. The summed E-state index contributed by atoms with van der Waals surface area (Å²) < 4.78 is 4.88. The minimum absolute atomic E-state index is 0.175. The molecule has 7 heteroatoms. The Hall–Kier alpha value is -2.64. The van der Waals surface area contributed by atoms with Gasteiger partial charge in [-0.1, -0.05) is 47.7 Å². The van der Waals surface area contributed by atoms with E-state index in [9.17, 15) is 9.59 Å². The molecule has 3 rings (SSSR count). The molecule has 0 bridgehead atoms. The molecule has 1 aromatic carbocycles. The monoisotopic (exact) mass is 359 g/mol. The van der Waals surface area contributed by atoms with Crippen molar-refractivity contribution in [2.24, 2.45) is 0 Å². The summed E-state index contributed by atoms with van der Waals surface area (Å²) in [5.41, 5.74) is 1.36. The Bertz CT molecular complexity index is 856. The normalized spacial score (nSPS) is 10.4. The van der Waals surface area contributed by atoms with Crippen LogP contribution in [0.4, 0.5) is 10.5 Å². The summed E-state index contributed by atoms with van der Waals surface area (Å²) in [4.78, 5) is 26.3. The van der Waals surface area contributed by atoms with Gasteiger partial charge in [-0.25, -0.2) is 4.79 Å². The lowest BCUT2D eigenvalue weighted by Crippen LogP contribution is -2.25. The maximum atomic E-state index is 12.5. The van der Waals surface area contributed by atoms with E-state index in [4.69, 9.17) is 9.84 Å². The summed E-state index contributed by atoms with van der Waals surface area (Å²) in [6.45, 7) is 0. The number of carbonyl (C=O) groups excluding carboxylic acids is 1. The van der Waals surface area contributed by atoms with E-state index in [0.29, 0.717) is 10.6 Å². The van der Waals surface area contributed by atoms with Crippen LogP contribution in [0.1, 0.15) is 9.67 Å². The van der Waals surface area contributed by atoms with Crippen LogP contribution in [0.15, 0.2) is 53.9 Å². The number of hydrogen-bond acceptors (Lipinski definition) is 5. The Morgan fingerprint density at radius 3 is 2.50 bits per heavy atom. The van der Waals surface area contributed by atoms with Gasteiger partial charge in [0.2, 0.25) is 5.06 Å². The topological polar surface area (TPSA) is 66.8 Å². The molecule has 3 aromatic rings. The smallest absolute Gasteiger partial charge is 0.449 e. The first-order chi connectivity index (χ1) is 11.6. The molecule has 1 N–H and O–H groups in total. The molecule has 122 valence electrons. The Balaban J connectivity index is 2.00. The van der Waals surface area contributed by atoms with Gasteiger partial charge in [-0.05, 0) is 23.1 Å². The second-order valence-electron chi connectivity index (χ2n) is 4.86. The van der Waals surface area contributed by atoms with Crippen LogP contribution in [0.25, 0.3) is 10.4 Å². The number of rotatable bonds is 4. The number of thiophene rings is 2. The predicted molar refractivity (Wildman–Crippen MR) is 95.5 cm³/mol. The zero-order chi connectivity index (χ0) is 17.1. The SMILES string of the molecule is CN(C(=O)c1cccs1)c1cc(-c2ccccc2)sc1OC(=O)O. The Labute approximate surface area is 146 Å². The molecule has 1 amide bonds. The van der Waals surface area contributed by atoms with E-state index < -0.39 is 6.16 Å². The second kappa shape index (κ2) is 6.86. The number of amides is 1. The van der Waals surface area contributed by atoms with Crippen molar-refractivity contribution in [1.82, 2.24) is 0 Å². The van der Waals surface area contributed by atoms with Gasteiger partial charge >= 0.3 is 6.16 Å². The van der Waals surface area contributed by atoms with Gasteiger partial charge in [0.05, 0.1) is 10.6 Å². The zero-order valence-corrected chi connectivity index (χ0v) is 14.3. The van der Waals surface area contributed by atoms with E-state index in [-0.39, 0.29) is 11.0 Å². The van der Waals surface area contributed by atoms with Gasteiger partial charge in [0.15, 0.2) is 0 Å². The second-order valence-corrected chi connectivity index (χ2v) is 6.82. The van der Waals surface area contributed by atoms with E-state index in [1.807, 2.05) is 35.7 Å². The first kappa shape index (κ1) is 16.2. The van der Waals surface area contributed by atoms with Gasteiger partial charge in [-0.2, -0.15) is 0 Å². The number of anilines is 1. The number of carbonyl (C=O) groups is 2. The zero-order valence-electron chi connectivity index (χ0n) is 12.6. The fourth-order valence-electron chi connectivity index (χ4n) is 2.17. The van der Waals surface area contributed by atoms with Crippen LogP contribution >= 0.6 is 22.7 Å². The molecule has 0 aliphatic rings. The molecule has 0 unspecified atom stereocenters. The molecule has 0 fully saturated rings. The van der Waals surface area contributed by atoms with Crippen LogP contribution in [-0.2, 0) is 0 Å². The molecular weight excluding hydrogens is 346 g/mol. The molecular formula is C17H13NO4S2. The van der Waals surface area contributed by atoms with Gasteiger partial charge in [-0.15, -0.1) is 11.3 Å². The standard InChI is InChI=1S/C17H13NO4S2/c1-18(15(19)13-8-5-9-23-13)12-10-14(11-6-3-2-4-7-11)24-16(12)22-17(20)21/h2-10H,1H3,(H,20,21). The van der Waals surface area contributed by atoms with Gasteiger partial charge in [-0.3, -0.25) is 4.79 Å². The molecule has 24 heavy (non-hydrogen) atoms. The molecule has 0 aliphatic carbocycles. The van der Waals surface area contributed by atoms with Crippen molar-refractivity contribution in [3.05, 3.63) is 58.8 Å². The number of hydrogen-bond donors (Lipinski definition) is 1. The quantitative estimate of drug-likeness (QED) is 0.679. The van der Waals surface area contributed by atoms with Gasteiger partial charge < -0.3 is 14.7 Å². The van der Waals surface area contributed by atoms with E-state index in [2.05, 4.69) is 0 Å². The molecule has 0 atom stereocenters. The van der Waals surface area contributed by atoms with Crippen molar-refractivity contribution < 1.29 is 19.4 Å². The van der Waals surface area contributed by atoms with E-state index >= 15 is 0 Å². The highest BCUT2D eigenvalue weighted by atomic mass is 32.1. The maximum absolute atomic E-state index is 12.5. The predicted octanol–water partition coefficient (Wildman–Crippen LogP) is 4.81. The lowest BCUT2D eigenvalue weighted by atomic mass is 10.2. The first-order valence-electron chi connectivity index (χ1n) is 6.98. The minimum Gasteiger partial charge on any atom is -0.449 e. The number of carboxylic acid groups (broad SMARTS) is 1. The maximum Gasteiger partial charge on any atom is 0.512 e. The highest BCUT2D eigenvalue weighted by Gasteiger charge is 2.23. The third-order valence-corrected chi connectivity index (χ3v) is 5.23. The number of benzene rings is 1. The minimum atomic E-state index is -1.41. The van der Waals surface area contributed by atoms with Crippen LogP contribution in [0.5, 0.6) is 5.06 Å². The van der Waals surface area contributed by atoms with Crippen molar-refractivity contribution in [2.45, 2.75) is 0 Å². The van der Waals surface area contributed by atoms with Crippen LogP contribution < -0.4 is 9.64 Å². The Morgan fingerprint density at radius 1 is 1.12 bits per heavy atom. The first-order valence-corrected chi connectivity index (χ1v) is 8.67. The molecule has 2 heterocycles. The van der Waals surface area contributed by atoms with Gasteiger partial charge in [0, 0.05) is 11.9 Å². The average molecular weight is 359 g/mol. The molecule has 0 spiro atoms. The largest absolute Gasteiger partial charge is 0.512 e. The highest BCUT2D eigenvalue weighted by molar-refractivity contribution is 7.18. The van der Waals surface area contributed by atoms with Crippen molar-refractivity contribution in [3.8, 4) is 15.5 Å². The van der Waals surface area contributed by atoms with E-state index in [0.717, 1.165) is 10.4 Å². The Morgan fingerprint density at radius 2 is 1.88 bits per heavy atom. The van der Waals surface area contributed by atoms with Crippen LogP contribution in [0, 0.1) is 0 Å². The molecule has 0 saturated carbocycles. The van der Waals surface area contributed by atoms with Crippen LogP contribution in [0.2, 0.25) is 0 Å². The average Bonchev–Trinajstić information content (AvgIpc) is 3.23. The summed E-state index contributed by atoms with van der Waals surface area (Å²) in [6, 6.07) is 14.8. The Kier molecular flexibility index (Phi) is 4.64. The summed E-state index contributed by atoms with van der Waals surface area (Å²) >= 11 is 2.52. The fraction of sp³-hybridized carbons (Fsp3) is 0.0588. The lowest BCUT2D eigenvalue weighted by molar-refractivity contribution is 0.0995. The lowest BCUT2D eigenvalue weighted by Gasteiger charge is -2.15. The van der Waals surface area contributed by atoms with Crippen molar-refractivity contribution in [3.63, 3.8) is 0 Å².